The molecule has 1 rings (SSSR count). The summed E-state index contributed by atoms with van der Waals surface area (Å²) in [5, 5.41) is 14.6. The van der Waals surface area contributed by atoms with Crippen LogP contribution in [0, 0.1) is 5.92 Å². The molecule has 1 amide bonds. The number of carbonyl (C=O) groups is 1. The first-order chi connectivity index (χ1) is 9.30. The first-order valence-corrected chi connectivity index (χ1v) is 6.98. The van der Waals surface area contributed by atoms with Gasteiger partial charge in [-0.05, 0) is 25.7 Å². The van der Waals surface area contributed by atoms with E-state index in [0.717, 1.165) is 0 Å². The zero-order valence-electron chi connectivity index (χ0n) is 12.0. The Hall–Kier alpha value is -1.40. The fraction of sp³-hybridized carbons (Fsp3) is 0.846. The highest BCUT2D eigenvalue weighted by molar-refractivity contribution is 5.94. The summed E-state index contributed by atoms with van der Waals surface area (Å²) < 4.78 is 26.2. The van der Waals surface area contributed by atoms with Gasteiger partial charge in [0, 0.05) is 18.8 Å². The molecular formula is C13H23F2N3O2. The molecule has 116 valence electrons. The third-order valence-corrected chi connectivity index (χ3v) is 4.26. The Morgan fingerprint density at radius 1 is 1.40 bits per heavy atom. The van der Waals surface area contributed by atoms with Gasteiger partial charge in [-0.25, -0.2) is 8.78 Å². The molecule has 0 atom stereocenters. The first kappa shape index (κ1) is 16.7. The molecule has 1 fully saturated rings. The van der Waals surface area contributed by atoms with Gasteiger partial charge in [0.1, 0.15) is 5.54 Å². The standard InChI is InChI=1S/C13H23F2N3O2/c1-3-12(4-2,11(16)18-20)17-10(19)9-5-7-13(14,15)8-6-9/h9,20H,3-8H2,1-2H3,(H2,16,18)(H,17,19). The number of alkyl halides is 2. The molecule has 0 heterocycles. The van der Waals surface area contributed by atoms with Gasteiger partial charge < -0.3 is 16.3 Å². The van der Waals surface area contributed by atoms with Gasteiger partial charge >= 0.3 is 0 Å². The van der Waals surface area contributed by atoms with Crippen molar-refractivity contribution in [3.8, 4) is 0 Å². The van der Waals surface area contributed by atoms with Crippen molar-refractivity contribution in [1.82, 2.24) is 5.32 Å². The second-order valence-corrected chi connectivity index (χ2v) is 5.39. The number of hydrogen-bond donors (Lipinski definition) is 3. The van der Waals surface area contributed by atoms with Crippen LogP contribution in [0.15, 0.2) is 5.16 Å². The number of oxime groups is 1. The third kappa shape index (κ3) is 3.58. The van der Waals surface area contributed by atoms with Gasteiger partial charge in [-0.3, -0.25) is 4.79 Å². The monoisotopic (exact) mass is 291 g/mol. The van der Waals surface area contributed by atoms with Crippen LogP contribution in [0.4, 0.5) is 8.78 Å². The summed E-state index contributed by atoms with van der Waals surface area (Å²) in [4.78, 5) is 12.2. The highest BCUT2D eigenvalue weighted by atomic mass is 19.3. The van der Waals surface area contributed by atoms with E-state index in [9.17, 15) is 13.6 Å². The lowest BCUT2D eigenvalue weighted by atomic mass is 9.84. The largest absolute Gasteiger partial charge is 0.409 e. The van der Waals surface area contributed by atoms with Crippen LogP contribution in [0.3, 0.4) is 0 Å². The number of halogens is 2. The zero-order chi connectivity index (χ0) is 15.4. The smallest absolute Gasteiger partial charge is 0.248 e. The van der Waals surface area contributed by atoms with Gasteiger partial charge in [0.2, 0.25) is 11.8 Å². The summed E-state index contributed by atoms with van der Waals surface area (Å²) in [5.74, 6) is -3.44. The molecule has 0 radical (unpaired) electrons. The summed E-state index contributed by atoms with van der Waals surface area (Å²) in [7, 11) is 0. The molecule has 1 saturated carbocycles. The van der Waals surface area contributed by atoms with Gasteiger partial charge in [0.25, 0.3) is 0 Å². The van der Waals surface area contributed by atoms with Crippen molar-refractivity contribution >= 4 is 11.7 Å². The fourth-order valence-corrected chi connectivity index (χ4v) is 2.59. The first-order valence-electron chi connectivity index (χ1n) is 6.98. The van der Waals surface area contributed by atoms with E-state index in [2.05, 4.69) is 10.5 Å². The SMILES string of the molecule is CCC(CC)(NC(=O)C1CCC(F)(F)CC1)C(N)=NO. The molecule has 0 spiro atoms. The van der Waals surface area contributed by atoms with Crippen LogP contribution in [-0.4, -0.2) is 28.4 Å². The van der Waals surface area contributed by atoms with Crippen molar-refractivity contribution in [3.05, 3.63) is 0 Å². The van der Waals surface area contributed by atoms with Crippen molar-refractivity contribution in [1.29, 1.82) is 0 Å². The average molecular weight is 291 g/mol. The van der Waals surface area contributed by atoms with E-state index in [0.29, 0.717) is 12.8 Å². The normalized spacial score (nSPS) is 20.7. The van der Waals surface area contributed by atoms with Crippen molar-refractivity contribution in [2.75, 3.05) is 0 Å². The predicted molar refractivity (Wildman–Crippen MR) is 71.8 cm³/mol. The second kappa shape index (κ2) is 6.37. The zero-order valence-corrected chi connectivity index (χ0v) is 12.0. The van der Waals surface area contributed by atoms with E-state index >= 15 is 0 Å². The summed E-state index contributed by atoms with van der Waals surface area (Å²) in [6.45, 7) is 3.63. The molecule has 0 aromatic rings. The van der Waals surface area contributed by atoms with Crippen LogP contribution < -0.4 is 11.1 Å². The van der Waals surface area contributed by atoms with Gasteiger partial charge in [-0.2, -0.15) is 0 Å². The molecule has 5 nitrogen and oxygen atoms in total. The van der Waals surface area contributed by atoms with E-state index in [1.165, 1.54) is 0 Å². The Kier molecular flexibility index (Phi) is 5.30. The summed E-state index contributed by atoms with van der Waals surface area (Å²) in [6, 6.07) is 0. The number of rotatable bonds is 5. The number of nitrogens with two attached hydrogens (primary N) is 1. The van der Waals surface area contributed by atoms with Crippen molar-refractivity contribution < 1.29 is 18.8 Å². The van der Waals surface area contributed by atoms with Crippen molar-refractivity contribution in [2.24, 2.45) is 16.8 Å². The van der Waals surface area contributed by atoms with Crippen LogP contribution in [0.5, 0.6) is 0 Å². The number of amidine groups is 1. The van der Waals surface area contributed by atoms with Crippen LogP contribution in [0.1, 0.15) is 52.4 Å². The minimum atomic E-state index is -2.66. The lowest BCUT2D eigenvalue weighted by molar-refractivity contribution is -0.130. The molecule has 4 N–H and O–H groups in total. The van der Waals surface area contributed by atoms with E-state index in [-0.39, 0.29) is 37.4 Å². The average Bonchev–Trinajstić information content (AvgIpc) is 2.43. The maximum absolute atomic E-state index is 13.1. The Bertz CT molecular complexity index is 372. The van der Waals surface area contributed by atoms with E-state index in [1.807, 2.05) is 13.8 Å². The van der Waals surface area contributed by atoms with Crippen molar-refractivity contribution in [2.45, 2.75) is 63.8 Å². The molecule has 0 aliphatic heterocycles. The van der Waals surface area contributed by atoms with Crippen LogP contribution in [0.2, 0.25) is 0 Å². The van der Waals surface area contributed by atoms with Crippen LogP contribution >= 0.6 is 0 Å². The number of carbonyl (C=O) groups excluding carboxylic acids is 1. The predicted octanol–water partition coefficient (Wildman–Crippen LogP) is 2.23. The Morgan fingerprint density at radius 2 is 1.90 bits per heavy atom. The highest BCUT2D eigenvalue weighted by Gasteiger charge is 2.40. The van der Waals surface area contributed by atoms with Gasteiger partial charge in [-0.15, -0.1) is 0 Å². The summed E-state index contributed by atoms with van der Waals surface area (Å²) >= 11 is 0. The molecule has 1 aliphatic rings. The number of nitrogens with zero attached hydrogens (tertiary/aromatic N) is 1. The van der Waals surface area contributed by atoms with Crippen molar-refractivity contribution in [3.63, 3.8) is 0 Å². The van der Waals surface area contributed by atoms with E-state index in [1.54, 1.807) is 0 Å². The van der Waals surface area contributed by atoms with Gasteiger partial charge in [0.15, 0.2) is 5.84 Å². The third-order valence-electron chi connectivity index (χ3n) is 4.26. The molecule has 7 heteroatoms. The molecule has 20 heavy (non-hydrogen) atoms. The van der Waals surface area contributed by atoms with Crippen LogP contribution in [-0.2, 0) is 4.79 Å². The lowest BCUT2D eigenvalue weighted by Crippen LogP contribution is -2.58. The Morgan fingerprint density at radius 3 is 2.30 bits per heavy atom. The number of amides is 1. The van der Waals surface area contributed by atoms with Gasteiger partial charge in [-0.1, -0.05) is 19.0 Å². The van der Waals surface area contributed by atoms with E-state index < -0.39 is 17.4 Å². The summed E-state index contributed by atoms with van der Waals surface area (Å²) in [6.07, 6.45) is 0.735. The summed E-state index contributed by atoms with van der Waals surface area (Å²) in [5.41, 5.74) is 4.75. The minimum absolute atomic E-state index is 0.0583. The highest BCUT2D eigenvalue weighted by Crippen LogP contribution is 2.36. The lowest BCUT2D eigenvalue weighted by Gasteiger charge is -2.34. The number of nitrogens with one attached hydrogen (secondary N) is 1. The van der Waals surface area contributed by atoms with Crippen LogP contribution in [0.25, 0.3) is 0 Å². The number of hydrogen-bond acceptors (Lipinski definition) is 3. The minimum Gasteiger partial charge on any atom is -0.409 e. The second-order valence-electron chi connectivity index (χ2n) is 5.39. The topological polar surface area (TPSA) is 87.7 Å². The fourth-order valence-electron chi connectivity index (χ4n) is 2.59. The molecule has 1 aliphatic carbocycles. The molecule has 0 bridgehead atoms. The molecule has 0 unspecified atom stereocenters. The Balaban J connectivity index is 2.73. The van der Waals surface area contributed by atoms with Gasteiger partial charge in [0.05, 0.1) is 0 Å². The Labute approximate surface area is 117 Å². The maximum atomic E-state index is 13.1. The maximum Gasteiger partial charge on any atom is 0.248 e. The molecule has 0 aromatic carbocycles. The molecule has 0 aromatic heterocycles. The molecule has 0 saturated heterocycles. The quantitative estimate of drug-likeness (QED) is 0.314. The van der Waals surface area contributed by atoms with E-state index in [4.69, 9.17) is 10.9 Å². The molecular weight excluding hydrogens is 268 g/mol.